The summed E-state index contributed by atoms with van der Waals surface area (Å²) in [6, 6.07) is 15.8. The van der Waals surface area contributed by atoms with Crippen LogP contribution in [0, 0.1) is 5.82 Å². The number of benzene rings is 2. The van der Waals surface area contributed by atoms with E-state index in [4.69, 9.17) is 0 Å². The average molecular weight is 412 g/mol. The summed E-state index contributed by atoms with van der Waals surface area (Å²) < 4.78 is 13.8. The first-order chi connectivity index (χ1) is 14.0. The van der Waals surface area contributed by atoms with Gasteiger partial charge in [-0.05, 0) is 35.4 Å². The van der Waals surface area contributed by atoms with Gasteiger partial charge in [0.2, 0.25) is 5.91 Å². The summed E-state index contributed by atoms with van der Waals surface area (Å²) in [4.78, 5) is 38.0. The minimum Gasteiger partial charge on any atom is -0.354 e. The lowest BCUT2D eigenvalue weighted by molar-refractivity contribution is -0.124. The molecular weight excluding hydrogens is 391 g/mol. The Labute approximate surface area is 173 Å². The van der Waals surface area contributed by atoms with Crippen molar-refractivity contribution in [3.8, 4) is 0 Å². The Bertz CT molecular complexity index is 946. The van der Waals surface area contributed by atoms with Gasteiger partial charge in [-0.2, -0.15) is 0 Å². The number of carbonyl (C=O) groups excluding carboxylic acids is 3. The number of carbonyl (C=O) groups is 3. The summed E-state index contributed by atoms with van der Waals surface area (Å²) in [6.07, 6.45) is 1.69. The Balaban J connectivity index is 1.52. The maximum absolute atomic E-state index is 13.8. The van der Waals surface area contributed by atoms with Gasteiger partial charge in [0.05, 0.1) is 4.91 Å². The van der Waals surface area contributed by atoms with Crippen molar-refractivity contribution < 1.29 is 18.8 Å². The van der Waals surface area contributed by atoms with E-state index < -0.39 is 17.0 Å². The molecule has 1 aliphatic heterocycles. The van der Waals surface area contributed by atoms with Crippen LogP contribution >= 0.6 is 11.8 Å². The fourth-order valence-electron chi connectivity index (χ4n) is 2.98. The van der Waals surface area contributed by atoms with E-state index in [1.807, 2.05) is 37.3 Å². The molecule has 3 rings (SSSR count). The second-order valence-electron chi connectivity index (χ2n) is 6.72. The molecule has 1 saturated heterocycles. The van der Waals surface area contributed by atoms with Crippen LogP contribution in [0.2, 0.25) is 0 Å². The van der Waals surface area contributed by atoms with Crippen LogP contribution in [0.4, 0.5) is 9.18 Å². The van der Waals surface area contributed by atoms with Gasteiger partial charge in [-0.1, -0.05) is 55.5 Å². The largest absolute Gasteiger partial charge is 0.354 e. The topological polar surface area (TPSA) is 66.5 Å². The number of rotatable bonds is 7. The maximum atomic E-state index is 13.8. The van der Waals surface area contributed by atoms with Crippen molar-refractivity contribution in [2.45, 2.75) is 19.3 Å². The summed E-state index contributed by atoms with van der Waals surface area (Å²) in [5, 5.41) is 2.32. The molecule has 0 spiro atoms. The van der Waals surface area contributed by atoms with Gasteiger partial charge in [0.1, 0.15) is 5.82 Å². The molecule has 150 valence electrons. The quantitative estimate of drug-likeness (QED) is 0.693. The summed E-state index contributed by atoms with van der Waals surface area (Å²) in [7, 11) is 0. The Morgan fingerprint density at radius 2 is 1.83 bits per heavy atom. The van der Waals surface area contributed by atoms with E-state index in [-0.39, 0.29) is 35.4 Å². The summed E-state index contributed by atoms with van der Waals surface area (Å²) in [6.45, 7) is 2.22. The lowest BCUT2D eigenvalue weighted by Gasteiger charge is -2.15. The predicted molar refractivity (Wildman–Crippen MR) is 112 cm³/mol. The van der Waals surface area contributed by atoms with E-state index >= 15 is 0 Å². The second-order valence-corrected chi connectivity index (χ2v) is 7.71. The molecular formula is C22H21FN2O3S. The minimum absolute atomic E-state index is 0.0668. The monoisotopic (exact) mass is 412 g/mol. The van der Waals surface area contributed by atoms with E-state index in [0.29, 0.717) is 6.42 Å². The van der Waals surface area contributed by atoms with Gasteiger partial charge in [-0.25, -0.2) is 4.39 Å². The highest BCUT2D eigenvalue weighted by molar-refractivity contribution is 8.18. The smallest absolute Gasteiger partial charge is 0.293 e. The standard InChI is InChI=1S/C22H21FN2O3S/c1-15(16-7-3-2-4-8-16)13-20(26)24-11-12-25-21(27)19(29-22(25)28)14-17-9-5-6-10-18(17)23/h2-10,14-15H,11-13H2,1H3,(H,24,26)/b19-14-. The fourth-order valence-corrected chi connectivity index (χ4v) is 3.84. The van der Waals surface area contributed by atoms with Crippen molar-refractivity contribution in [2.75, 3.05) is 13.1 Å². The molecule has 0 aromatic heterocycles. The Hall–Kier alpha value is -2.93. The van der Waals surface area contributed by atoms with Crippen molar-refractivity contribution in [1.82, 2.24) is 10.2 Å². The van der Waals surface area contributed by atoms with Crippen molar-refractivity contribution in [3.63, 3.8) is 0 Å². The van der Waals surface area contributed by atoms with Crippen LogP contribution in [-0.2, 0) is 9.59 Å². The van der Waals surface area contributed by atoms with Crippen LogP contribution in [0.15, 0.2) is 59.5 Å². The van der Waals surface area contributed by atoms with Crippen LogP contribution in [0.5, 0.6) is 0 Å². The third-order valence-electron chi connectivity index (χ3n) is 4.58. The van der Waals surface area contributed by atoms with Crippen molar-refractivity contribution >= 4 is 34.9 Å². The third kappa shape index (κ3) is 5.32. The molecule has 2 aromatic carbocycles. The molecule has 1 fully saturated rings. The van der Waals surface area contributed by atoms with Crippen LogP contribution < -0.4 is 5.32 Å². The number of nitrogens with zero attached hydrogens (tertiary/aromatic N) is 1. The van der Waals surface area contributed by atoms with Gasteiger partial charge in [-0.3, -0.25) is 19.3 Å². The third-order valence-corrected chi connectivity index (χ3v) is 5.49. The van der Waals surface area contributed by atoms with E-state index in [2.05, 4.69) is 5.32 Å². The average Bonchev–Trinajstić information content (AvgIpc) is 2.97. The number of thioether (sulfide) groups is 1. The molecule has 3 amide bonds. The highest BCUT2D eigenvalue weighted by atomic mass is 32.2. The zero-order valence-electron chi connectivity index (χ0n) is 15.9. The maximum Gasteiger partial charge on any atom is 0.293 e. The predicted octanol–water partition coefficient (Wildman–Crippen LogP) is 4.17. The Morgan fingerprint density at radius 3 is 2.55 bits per heavy atom. The molecule has 0 radical (unpaired) electrons. The molecule has 2 aromatic rings. The van der Waals surface area contributed by atoms with Crippen LogP contribution in [0.25, 0.3) is 6.08 Å². The zero-order chi connectivity index (χ0) is 20.8. The van der Waals surface area contributed by atoms with E-state index in [0.717, 1.165) is 22.2 Å². The first-order valence-electron chi connectivity index (χ1n) is 9.27. The number of halogens is 1. The molecule has 1 aliphatic rings. The molecule has 0 saturated carbocycles. The molecule has 1 heterocycles. The highest BCUT2D eigenvalue weighted by Crippen LogP contribution is 2.32. The van der Waals surface area contributed by atoms with Crippen LogP contribution in [0.3, 0.4) is 0 Å². The van der Waals surface area contributed by atoms with E-state index in [1.54, 1.807) is 12.1 Å². The van der Waals surface area contributed by atoms with Gasteiger partial charge in [0.25, 0.3) is 11.1 Å². The number of nitrogens with one attached hydrogen (secondary N) is 1. The molecule has 0 aliphatic carbocycles. The first kappa shape index (κ1) is 20.8. The SMILES string of the molecule is CC(CC(=O)NCCN1C(=O)S/C(=C\c2ccccc2F)C1=O)c1ccccc1. The lowest BCUT2D eigenvalue weighted by Crippen LogP contribution is -2.37. The molecule has 5 nitrogen and oxygen atoms in total. The van der Waals surface area contributed by atoms with Gasteiger partial charge >= 0.3 is 0 Å². The fraction of sp³-hybridized carbons (Fsp3) is 0.227. The zero-order valence-corrected chi connectivity index (χ0v) is 16.7. The second kappa shape index (κ2) is 9.52. The number of imide groups is 1. The van der Waals surface area contributed by atoms with Crippen LogP contribution in [-0.4, -0.2) is 35.0 Å². The van der Waals surface area contributed by atoms with Gasteiger partial charge < -0.3 is 5.32 Å². The molecule has 1 atom stereocenters. The van der Waals surface area contributed by atoms with Crippen molar-refractivity contribution in [2.24, 2.45) is 0 Å². The Morgan fingerprint density at radius 1 is 1.14 bits per heavy atom. The highest BCUT2D eigenvalue weighted by Gasteiger charge is 2.34. The molecule has 1 unspecified atom stereocenters. The summed E-state index contributed by atoms with van der Waals surface area (Å²) in [5.74, 6) is -1.01. The van der Waals surface area contributed by atoms with Crippen molar-refractivity contribution in [3.05, 3.63) is 76.4 Å². The van der Waals surface area contributed by atoms with Gasteiger partial charge in [0, 0.05) is 25.1 Å². The normalized spacial score (nSPS) is 16.3. The molecule has 1 N–H and O–H groups in total. The first-order valence-corrected chi connectivity index (χ1v) is 10.1. The molecule has 29 heavy (non-hydrogen) atoms. The van der Waals surface area contributed by atoms with Crippen LogP contribution in [0.1, 0.15) is 30.4 Å². The van der Waals surface area contributed by atoms with E-state index in [9.17, 15) is 18.8 Å². The Kier molecular flexibility index (Phi) is 6.82. The lowest BCUT2D eigenvalue weighted by atomic mass is 9.98. The van der Waals surface area contributed by atoms with Gasteiger partial charge in [0.15, 0.2) is 0 Å². The number of hydrogen-bond acceptors (Lipinski definition) is 4. The summed E-state index contributed by atoms with van der Waals surface area (Å²) in [5.41, 5.74) is 1.33. The van der Waals surface area contributed by atoms with Gasteiger partial charge in [-0.15, -0.1) is 0 Å². The summed E-state index contributed by atoms with van der Waals surface area (Å²) >= 11 is 0.771. The van der Waals surface area contributed by atoms with Crippen molar-refractivity contribution in [1.29, 1.82) is 0 Å². The van der Waals surface area contributed by atoms with E-state index in [1.165, 1.54) is 18.2 Å². The molecule has 0 bridgehead atoms. The minimum atomic E-state index is -0.477. The molecule has 7 heteroatoms. The number of amides is 3. The number of hydrogen-bond donors (Lipinski definition) is 1.